The minimum absolute atomic E-state index is 0.00628. The molecular formula is C70H108N16O22-4. The molecular weight excluding hydrogens is 1420 g/mol. The molecule has 5 unspecified atom stereocenters. The molecule has 2 aromatic rings. The van der Waals surface area contributed by atoms with E-state index in [0.29, 0.717) is 17.5 Å². The molecule has 4 rings (SSSR count). The van der Waals surface area contributed by atoms with Gasteiger partial charge in [-0.15, -0.1) is 0 Å². The van der Waals surface area contributed by atoms with E-state index in [0.717, 1.165) is 5.69 Å². The Bertz CT molecular complexity index is 3210. The number of carboxylic acids is 8. The Balaban J connectivity index is 1.54. The van der Waals surface area contributed by atoms with E-state index in [1.54, 1.807) is 37.4 Å². The third kappa shape index (κ3) is 34.7. The fraction of sp³-hybridized carbons (Fsp3) is 0.671. The molecule has 108 heavy (non-hydrogen) atoms. The molecule has 0 bridgehead atoms. The number of aromatic nitrogens is 2. The fourth-order valence-electron chi connectivity index (χ4n) is 12.6. The molecule has 11 N–H and O–H groups in total. The van der Waals surface area contributed by atoms with Crippen molar-refractivity contribution in [2.24, 2.45) is 17.8 Å². The van der Waals surface area contributed by atoms with Crippen LogP contribution in [-0.4, -0.2) is 334 Å². The minimum atomic E-state index is -1.65. The molecule has 1 aromatic carbocycles. The van der Waals surface area contributed by atoms with Crippen molar-refractivity contribution >= 4 is 83.2 Å². The lowest BCUT2D eigenvalue weighted by Gasteiger charge is -2.37. The maximum absolute atomic E-state index is 14.3. The lowest BCUT2D eigenvalue weighted by molar-refractivity contribution is -0.313. The number of nitrogens with one attached hydrogen (secondary N) is 7. The van der Waals surface area contributed by atoms with Crippen LogP contribution in [-0.2, 0) is 80.2 Å². The lowest BCUT2D eigenvalue weighted by atomic mass is 9.91. The van der Waals surface area contributed by atoms with Gasteiger partial charge in [0, 0.05) is 186 Å². The van der Waals surface area contributed by atoms with Gasteiger partial charge in [0.15, 0.2) is 0 Å². The van der Waals surface area contributed by atoms with Crippen LogP contribution >= 0.6 is 0 Å². The smallest absolute Gasteiger partial charge is 0.317 e. The highest BCUT2D eigenvalue weighted by molar-refractivity contribution is 5.93. The Hall–Kier alpha value is -9.31. The maximum Gasteiger partial charge on any atom is 0.317 e. The Morgan fingerprint density at radius 2 is 0.843 bits per heavy atom. The first-order valence-electron chi connectivity index (χ1n) is 36.4. The summed E-state index contributed by atoms with van der Waals surface area (Å²) in [7, 11) is 0. The fourth-order valence-corrected chi connectivity index (χ4v) is 12.6. The van der Waals surface area contributed by atoms with Crippen LogP contribution in [0.25, 0.3) is 0 Å². The summed E-state index contributed by atoms with van der Waals surface area (Å²) in [6.07, 6.45) is 1.80. The summed E-state index contributed by atoms with van der Waals surface area (Å²) in [5.74, 6) is -15.8. The number of amides is 6. The molecule has 2 aliphatic heterocycles. The van der Waals surface area contributed by atoms with Gasteiger partial charge in [-0.25, -0.2) is 4.98 Å². The third-order valence-corrected chi connectivity index (χ3v) is 19.3. The van der Waals surface area contributed by atoms with Gasteiger partial charge >= 0.3 is 23.9 Å². The molecule has 0 radical (unpaired) electrons. The average Bonchev–Trinajstić information content (AvgIpc) is 1.27. The largest absolute Gasteiger partial charge is 0.549 e. The van der Waals surface area contributed by atoms with Crippen LogP contribution in [0.4, 0.5) is 0 Å². The van der Waals surface area contributed by atoms with Crippen molar-refractivity contribution < 1.29 is 108 Å². The van der Waals surface area contributed by atoms with Crippen LogP contribution in [0, 0.1) is 17.8 Å². The van der Waals surface area contributed by atoms with Crippen LogP contribution < -0.4 is 52.3 Å². The second-order valence-electron chi connectivity index (χ2n) is 28.0. The van der Waals surface area contributed by atoms with E-state index in [4.69, 9.17) is 0 Å². The van der Waals surface area contributed by atoms with E-state index in [1.165, 1.54) is 45.5 Å². The number of benzene rings is 1. The normalized spacial score (nSPS) is 18.0. The van der Waals surface area contributed by atoms with Crippen LogP contribution in [0.15, 0.2) is 36.8 Å². The van der Waals surface area contributed by atoms with Crippen LogP contribution in [0.3, 0.4) is 0 Å². The van der Waals surface area contributed by atoms with Gasteiger partial charge in [-0.2, -0.15) is 0 Å². The highest BCUT2D eigenvalue weighted by atomic mass is 16.4. The zero-order valence-corrected chi connectivity index (χ0v) is 62.4. The summed E-state index contributed by atoms with van der Waals surface area (Å²) in [4.78, 5) is 199. The van der Waals surface area contributed by atoms with Gasteiger partial charge in [0.2, 0.25) is 35.4 Å². The van der Waals surface area contributed by atoms with Crippen LogP contribution in [0.1, 0.15) is 109 Å². The molecule has 2 aliphatic rings. The topological polar surface area (TPSA) is 539 Å². The summed E-state index contributed by atoms with van der Waals surface area (Å²) in [5.41, 5.74) is 1.92. The molecule has 3 heterocycles. The monoisotopic (exact) mass is 1520 g/mol. The second-order valence-corrected chi connectivity index (χ2v) is 28.0. The first kappa shape index (κ1) is 91.1. The molecule has 0 spiro atoms. The molecule has 1 aromatic heterocycles. The summed E-state index contributed by atoms with van der Waals surface area (Å²) in [5, 5.41) is 105. The number of carbonyl (C=O) groups is 14. The molecule has 0 saturated carbocycles. The Morgan fingerprint density at radius 1 is 0.463 bits per heavy atom. The Labute approximate surface area is 627 Å². The molecule has 8 atom stereocenters. The minimum Gasteiger partial charge on any atom is -0.549 e. The number of nitrogens with zero attached hydrogens (tertiary/aromatic N) is 9. The van der Waals surface area contributed by atoms with Crippen molar-refractivity contribution in [1.29, 1.82) is 0 Å². The van der Waals surface area contributed by atoms with Gasteiger partial charge in [0.1, 0.15) is 18.1 Å². The first-order chi connectivity index (χ1) is 51.1. The van der Waals surface area contributed by atoms with E-state index in [1.807, 2.05) is 34.6 Å². The van der Waals surface area contributed by atoms with Gasteiger partial charge in [-0.1, -0.05) is 72.2 Å². The van der Waals surface area contributed by atoms with Crippen molar-refractivity contribution in [3.8, 4) is 0 Å². The van der Waals surface area contributed by atoms with Gasteiger partial charge in [0.05, 0.1) is 56.4 Å². The number of carbonyl (C=O) groups excluding carboxylic acids is 10. The predicted molar refractivity (Wildman–Crippen MR) is 377 cm³/mol. The molecule has 38 heteroatoms. The summed E-state index contributed by atoms with van der Waals surface area (Å²) in [6.45, 7) is 7.06. The summed E-state index contributed by atoms with van der Waals surface area (Å²) in [6, 6.07) is 0.267. The molecule has 2 saturated heterocycles. The number of H-pyrrole nitrogens is 1. The quantitative estimate of drug-likeness (QED) is 0.0294. The zero-order chi connectivity index (χ0) is 80.2. The molecule has 0 aliphatic carbocycles. The number of aliphatic carboxylic acids is 8. The summed E-state index contributed by atoms with van der Waals surface area (Å²) >= 11 is 0. The highest BCUT2D eigenvalue weighted by Gasteiger charge is 2.34. The number of hydrogen-bond donors (Lipinski definition) is 11. The number of hydrogen-bond acceptors (Lipinski definition) is 27. The molecule has 6 amide bonds. The Kier molecular flexibility index (Phi) is 40.0. The van der Waals surface area contributed by atoms with Crippen molar-refractivity contribution in [1.82, 2.24) is 81.1 Å². The van der Waals surface area contributed by atoms with Crippen molar-refractivity contribution in [3.63, 3.8) is 0 Å². The summed E-state index contributed by atoms with van der Waals surface area (Å²) < 4.78 is 0. The predicted octanol–water partition coefficient (Wildman–Crippen LogP) is -7.79. The maximum atomic E-state index is 14.3. The average molecular weight is 1530 g/mol. The molecule has 2 fully saturated rings. The SMILES string of the molecule is CCC(C)[C@H](NC(=O)C(C)[C@@H](C)c1cnc[nH]1)C(=O)NC(CC(C)C)C(=O)NCc1ccc(CNC(=O)[C@H](CCNC(=O)CCC(C(=O)[O-])N2CCN(CC(=O)[O-])CCN(CC(=O)O)CCN(CC(=O)O)CC2)NC(=O)CCC(C(=O)[O-])N2CCN(CC(=O)[O-])CCN(CC(=O)O)CCN(CC(=O)O)CC2)cc1. The van der Waals surface area contributed by atoms with Gasteiger partial charge in [0.25, 0.3) is 0 Å². The van der Waals surface area contributed by atoms with Gasteiger partial charge in [-0.3, -0.25) is 87.1 Å². The number of aromatic amines is 1. The van der Waals surface area contributed by atoms with Crippen LogP contribution in [0.2, 0.25) is 0 Å². The van der Waals surface area contributed by atoms with E-state index in [9.17, 15) is 108 Å². The number of carboxylic acid groups (broad SMARTS) is 8. The van der Waals surface area contributed by atoms with Gasteiger partial charge < -0.3 is 96.9 Å². The highest BCUT2D eigenvalue weighted by Crippen LogP contribution is 2.23. The standard InChI is InChI=1S/C70H112N16O22/c1-7-46(4)64(78-65(101)48(6)47(5)53-37-71-44-75-53)68(104)77-52(34-45(2)3)67(103)74-36-50-10-8-49(9-11-50)35-73-66(102)51(76-57(88)15-13-55(70(107)108)86-32-28-83(42-62(97)98)24-20-80(39-59(91)92)21-25-84(29-33-86)43-63(99)100)16-17-72-56(87)14-12-54(69(105)106)85-30-26-81(40-60(93)94)22-18-79(38-58(89)90)19-23-82(27-31-85)41-61(95)96/h8-11,37,44-48,51-52,54-55,64H,7,12-36,38-43H2,1-6H3,(H,71,75)(H,72,87)(H,73,102)(H,74,103)(H,76,88)(H,77,104)(H,78,101)(H,89,90)(H,91,92)(H,93,94)(H,95,96)(H,97,98)(H,99,100)(H,105,106)(H,107,108)/p-4/t46?,47-,48?,51+,52?,54?,55?,64+/m1/s1. The third-order valence-electron chi connectivity index (χ3n) is 19.3. The lowest BCUT2D eigenvalue weighted by Crippen LogP contribution is -2.56. The van der Waals surface area contributed by atoms with E-state index in [2.05, 4.69) is 41.9 Å². The van der Waals surface area contributed by atoms with Crippen molar-refractivity contribution in [3.05, 3.63) is 53.6 Å². The van der Waals surface area contributed by atoms with E-state index >= 15 is 0 Å². The Morgan fingerprint density at radius 3 is 1.19 bits per heavy atom. The van der Waals surface area contributed by atoms with E-state index < -0.39 is 172 Å². The van der Waals surface area contributed by atoms with Crippen molar-refractivity contribution in [2.75, 3.05) is 151 Å². The molecule has 604 valence electrons. The number of imidazole rings is 1. The van der Waals surface area contributed by atoms with Crippen molar-refractivity contribution in [2.45, 2.75) is 136 Å². The first-order valence-corrected chi connectivity index (χ1v) is 36.4. The van der Waals surface area contributed by atoms with Crippen LogP contribution in [0.5, 0.6) is 0 Å². The number of rotatable bonds is 42. The zero-order valence-electron chi connectivity index (χ0n) is 62.4. The molecule has 38 nitrogen and oxygen atoms in total. The van der Waals surface area contributed by atoms with Gasteiger partial charge in [-0.05, 0) is 48.6 Å². The van der Waals surface area contributed by atoms with E-state index in [-0.39, 0.29) is 167 Å². The second kappa shape index (κ2) is 47.5.